The molecule has 0 atom stereocenters. The van der Waals surface area contributed by atoms with Crippen LogP contribution in [0.3, 0.4) is 0 Å². The summed E-state index contributed by atoms with van der Waals surface area (Å²) in [7, 11) is 1.60. The number of carbonyl (C=O) groups is 1. The Morgan fingerprint density at radius 1 is 1.40 bits per heavy atom. The van der Waals surface area contributed by atoms with E-state index < -0.39 is 0 Å². The number of nitrogens with one attached hydrogen (secondary N) is 1. The predicted octanol–water partition coefficient (Wildman–Crippen LogP) is 3.45. The van der Waals surface area contributed by atoms with Crippen molar-refractivity contribution < 1.29 is 9.53 Å². The van der Waals surface area contributed by atoms with E-state index in [2.05, 4.69) is 21.2 Å². The molecule has 0 saturated heterocycles. The summed E-state index contributed by atoms with van der Waals surface area (Å²) in [6.45, 7) is 0. The molecule has 0 spiro atoms. The number of hydrogen-bond donors (Lipinski definition) is 2. The summed E-state index contributed by atoms with van der Waals surface area (Å²) >= 11 is 3.39. The van der Waals surface area contributed by atoms with Crippen molar-refractivity contribution in [1.29, 1.82) is 0 Å². The maximum absolute atomic E-state index is 12.1. The van der Waals surface area contributed by atoms with Crippen molar-refractivity contribution in [1.82, 2.24) is 0 Å². The van der Waals surface area contributed by atoms with Gasteiger partial charge in [-0.3, -0.25) is 4.79 Å². The Kier molecular flexibility index (Phi) is 5.05. The van der Waals surface area contributed by atoms with Crippen molar-refractivity contribution in [2.24, 2.45) is 5.73 Å². The largest absolute Gasteiger partial charge is 0.495 e. The number of hydrogen-bond acceptors (Lipinski definition) is 3. The van der Waals surface area contributed by atoms with Crippen LogP contribution in [-0.4, -0.2) is 18.6 Å². The van der Waals surface area contributed by atoms with E-state index in [1.165, 1.54) is 6.42 Å². The van der Waals surface area contributed by atoms with Crippen LogP contribution in [0.5, 0.6) is 5.75 Å². The highest BCUT2D eigenvalue weighted by Gasteiger charge is 2.29. The van der Waals surface area contributed by atoms with Gasteiger partial charge in [0.05, 0.1) is 11.6 Å². The Balaban J connectivity index is 1.97. The fraction of sp³-hybridized carbons (Fsp3) is 0.533. The van der Waals surface area contributed by atoms with Crippen LogP contribution >= 0.6 is 15.9 Å². The lowest BCUT2D eigenvalue weighted by Gasteiger charge is -2.32. The van der Waals surface area contributed by atoms with E-state index in [-0.39, 0.29) is 11.4 Å². The lowest BCUT2D eigenvalue weighted by atomic mass is 9.80. The summed E-state index contributed by atoms with van der Waals surface area (Å²) in [5, 5.41) is 2.90. The van der Waals surface area contributed by atoms with E-state index in [0.717, 1.165) is 35.8 Å². The summed E-state index contributed by atoms with van der Waals surface area (Å²) in [5.41, 5.74) is 6.70. The second kappa shape index (κ2) is 6.59. The summed E-state index contributed by atoms with van der Waals surface area (Å²) < 4.78 is 6.08. The third-order valence-electron chi connectivity index (χ3n) is 3.80. The Morgan fingerprint density at radius 3 is 2.75 bits per heavy atom. The van der Waals surface area contributed by atoms with Crippen molar-refractivity contribution in [3.05, 3.63) is 22.7 Å². The molecule has 1 aliphatic rings. The molecule has 20 heavy (non-hydrogen) atoms. The summed E-state index contributed by atoms with van der Waals surface area (Å²) in [6.07, 6.45) is 5.72. The first-order chi connectivity index (χ1) is 9.52. The zero-order valence-corrected chi connectivity index (χ0v) is 13.3. The predicted molar refractivity (Wildman–Crippen MR) is 83.9 cm³/mol. The van der Waals surface area contributed by atoms with Crippen LogP contribution in [-0.2, 0) is 4.79 Å². The van der Waals surface area contributed by atoms with Crippen molar-refractivity contribution in [3.8, 4) is 5.75 Å². The summed E-state index contributed by atoms with van der Waals surface area (Å²) in [5.74, 6) is 0.668. The summed E-state index contributed by atoms with van der Waals surface area (Å²) in [6, 6.07) is 5.49. The molecular weight excluding hydrogens is 320 g/mol. The van der Waals surface area contributed by atoms with Crippen LogP contribution in [0.15, 0.2) is 22.7 Å². The molecule has 1 fully saturated rings. The highest BCUT2D eigenvalue weighted by atomic mass is 79.9. The standard InChI is InChI=1S/C15H21BrN2O2/c1-20-13-9-11(5-6-12(13)16)18-14(19)10-15(17)7-3-2-4-8-15/h5-6,9H,2-4,7-8,10,17H2,1H3,(H,18,19). The molecule has 0 radical (unpaired) electrons. The number of carbonyl (C=O) groups excluding carboxylic acids is 1. The van der Waals surface area contributed by atoms with Gasteiger partial charge >= 0.3 is 0 Å². The molecule has 3 N–H and O–H groups in total. The van der Waals surface area contributed by atoms with Crippen LogP contribution in [0.2, 0.25) is 0 Å². The third-order valence-corrected chi connectivity index (χ3v) is 4.45. The number of ether oxygens (including phenoxy) is 1. The minimum absolute atomic E-state index is 0.0289. The number of rotatable bonds is 4. The van der Waals surface area contributed by atoms with Crippen LogP contribution in [0.4, 0.5) is 5.69 Å². The Hall–Kier alpha value is -1.07. The fourth-order valence-electron chi connectivity index (χ4n) is 2.70. The van der Waals surface area contributed by atoms with Gasteiger partial charge in [0.1, 0.15) is 5.75 Å². The van der Waals surface area contributed by atoms with Gasteiger partial charge in [0, 0.05) is 23.7 Å². The second-order valence-corrected chi connectivity index (χ2v) is 6.35. The van der Waals surface area contributed by atoms with E-state index in [1.54, 1.807) is 13.2 Å². The van der Waals surface area contributed by atoms with E-state index in [9.17, 15) is 4.79 Å². The highest BCUT2D eigenvalue weighted by molar-refractivity contribution is 9.10. The van der Waals surface area contributed by atoms with Crippen molar-refractivity contribution >= 4 is 27.5 Å². The van der Waals surface area contributed by atoms with Gasteiger partial charge in [-0.05, 0) is 40.9 Å². The van der Waals surface area contributed by atoms with E-state index in [0.29, 0.717) is 12.2 Å². The van der Waals surface area contributed by atoms with Crippen LogP contribution in [0.25, 0.3) is 0 Å². The monoisotopic (exact) mass is 340 g/mol. The van der Waals surface area contributed by atoms with Gasteiger partial charge in [-0.1, -0.05) is 19.3 Å². The molecule has 2 rings (SSSR count). The maximum Gasteiger partial charge on any atom is 0.226 e. The number of nitrogens with two attached hydrogens (primary N) is 1. The number of amides is 1. The average molecular weight is 341 g/mol. The molecule has 0 unspecified atom stereocenters. The molecule has 110 valence electrons. The minimum atomic E-state index is -0.332. The quantitative estimate of drug-likeness (QED) is 0.882. The van der Waals surface area contributed by atoms with Gasteiger partial charge < -0.3 is 15.8 Å². The molecule has 4 nitrogen and oxygen atoms in total. The van der Waals surface area contributed by atoms with Gasteiger partial charge in [0.2, 0.25) is 5.91 Å². The first-order valence-electron chi connectivity index (χ1n) is 6.95. The topological polar surface area (TPSA) is 64.3 Å². The lowest BCUT2D eigenvalue weighted by molar-refractivity contribution is -0.117. The Bertz CT molecular complexity index is 485. The molecule has 1 amide bonds. The number of halogens is 1. The fourth-order valence-corrected chi connectivity index (χ4v) is 3.10. The third kappa shape index (κ3) is 3.96. The average Bonchev–Trinajstić information content (AvgIpc) is 2.41. The summed E-state index contributed by atoms with van der Waals surface area (Å²) in [4.78, 5) is 12.1. The SMILES string of the molecule is COc1cc(NC(=O)CC2(N)CCCCC2)ccc1Br. The molecule has 0 aromatic heterocycles. The van der Waals surface area contributed by atoms with Crippen LogP contribution in [0, 0.1) is 0 Å². The number of benzene rings is 1. The zero-order chi connectivity index (χ0) is 14.6. The minimum Gasteiger partial charge on any atom is -0.495 e. The smallest absolute Gasteiger partial charge is 0.226 e. The van der Waals surface area contributed by atoms with Crippen LogP contribution in [0.1, 0.15) is 38.5 Å². The lowest BCUT2D eigenvalue weighted by Crippen LogP contribution is -2.44. The van der Waals surface area contributed by atoms with Gasteiger partial charge in [-0.15, -0.1) is 0 Å². The van der Waals surface area contributed by atoms with Crippen molar-refractivity contribution in [2.75, 3.05) is 12.4 Å². The van der Waals surface area contributed by atoms with Gasteiger partial charge in [0.15, 0.2) is 0 Å². The van der Waals surface area contributed by atoms with Gasteiger partial charge in [-0.25, -0.2) is 0 Å². The highest BCUT2D eigenvalue weighted by Crippen LogP contribution is 2.30. The molecule has 0 bridgehead atoms. The molecular formula is C15H21BrN2O2. The van der Waals surface area contributed by atoms with E-state index in [1.807, 2.05) is 12.1 Å². The maximum atomic E-state index is 12.1. The van der Waals surface area contributed by atoms with Gasteiger partial charge in [-0.2, -0.15) is 0 Å². The number of anilines is 1. The second-order valence-electron chi connectivity index (χ2n) is 5.50. The zero-order valence-electron chi connectivity index (χ0n) is 11.7. The van der Waals surface area contributed by atoms with Gasteiger partial charge in [0.25, 0.3) is 0 Å². The van der Waals surface area contributed by atoms with E-state index >= 15 is 0 Å². The Labute approximate surface area is 128 Å². The molecule has 5 heteroatoms. The first kappa shape index (κ1) is 15.3. The van der Waals surface area contributed by atoms with Crippen LogP contribution < -0.4 is 15.8 Å². The van der Waals surface area contributed by atoms with Crippen molar-refractivity contribution in [3.63, 3.8) is 0 Å². The number of methoxy groups -OCH3 is 1. The molecule has 1 saturated carbocycles. The molecule has 0 aliphatic heterocycles. The normalized spacial score (nSPS) is 17.6. The first-order valence-corrected chi connectivity index (χ1v) is 7.74. The molecule has 1 aliphatic carbocycles. The van der Waals surface area contributed by atoms with E-state index in [4.69, 9.17) is 10.5 Å². The molecule has 1 aromatic rings. The Morgan fingerprint density at radius 2 is 2.10 bits per heavy atom. The van der Waals surface area contributed by atoms with Crippen molar-refractivity contribution in [2.45, 2.75) is 44.1 Å². The molecule has 0 heterocycles. The molecule has 1 aromatic carbocycles.